The van der Waals surface area contributed by atoms with Crippen LogP contribution >= 0.6 is 11.3 Å². The van der Waals surface area contributed by atoms with E-state index in [0.717, 1.165) is 23.1 Å². The highest BCUT2D eigenvalue weighted by Crippen LogP contribution is 2.32. The van der Waals surface area contributed by atoms with Crippen molar-refractivity contribution in [2.24, 2.45) is 0 Å². The number of aromatic nitrogens is 4. The molecule has 0 fully saturated rings. The molecule has 4 rings (SSSR count). The molecule has 1 atom stereocenters. The van der Waals surface area contributed by atoms with Crippen LogP contribution in [0.1, 0.15) is 34.3 Å². The minimum absolute atomic E-state index is 0.579. The molecule has 24 heavy (non-hydrogen) atoms. The Labute approximate surface area is 143 Å². The lowest BCUT2D eigenvalue weighted by Gasteiger charge is -2.12. The van der Waals surface area contributed by atoms with Crippen molar-refractivity contribution in [3.63, 3.8) is 0 Å². The van der Waals surface area contributed by atoms with Crippen molar-refractivity contribution in [1.29, 1.82) is 0 Å². The van der Waals surface area contributed by atoms with E-state index < -0.39 is 5.60 Å². The van der Waals surface area contributed by atoms with E-state index in [-0.39, 0.29) is 0 Å². The SMILES string of the molecule is CC(O)(C#Cc1cc2c(cn1)CC=C2c1cn[nH]c1)c1nccs1. The molecule has 0 saturated heterocycles. The maximum atomic E-state index is 10.5. The highest BCUT2D eigenvalue weighted by atomic mass is 32.1. The molecule has 2 N–H and O–H groups in total. The second kappa shape index (κ2) is 5.71. The first kappa shape index (κ1) is 14.8. The number of aliphatic hydroxyl groups is 1. The van der Waals surface area contributed by atoms with E-state index in [0.29, 0.717) is 10.7 Å². The Morgan fingerprint density at radius 1 is 1.33 bits per heavy atom. The Morgan fingerprint density at radius 2 is 2.25 bits per heavy atom. The minimum Gasteiger partial charge on any atom is -0.371 e. The summed E-state index contributed by atoms with van der Waals surface area (Å²) in [7, 11) is 0. The standard InChI is InChI=1S/C18H14N4OS/c1-18(23,17-19-6-7-24-17)5-4-14-8-16-12(9-20-14)2-3-15(16)13-10-21-22-11-13/h3,6-11,23H,2H2,1H3,(H,21,22). The number of hydrogen-bond donors (Lipinski definition) is 2. The number of thiazole rings is 1. The van der Waals surface area contributed by atoms with Gasteiger partial charge in [-0.05, 0) is 42.0 Å². The van der Waals surface area contributed by atoms with Gasteiger partial charge in [-0.2, -0.15) is 5.10 Å². The van der Waals surface area contributed by atoms with Gasteiger partial charge in [0.25, 0.3) is 0 Å². The molecule has 0 radical (unpaired) electrons. The Kier molecular flexibility index (Phi) is 3.53. The van der Waals surface area contributed by atoms with Crippen molar-refractivity contribution >= 4 is 16.9 Å². The van der Waals surface area contributed by atoms with Crippen molar-refractivity contribution in [1.82, 2.24) is 20.2 Å². The Bertz CT molecular complexity index is 960. The van der Waals surface area contributed by atoms with Gasteiger partial charge in [0.1, 0.15) is 10.7 Å². The average Bonchev–Trinajstić information content (AvgIpc) is 3.32. The normalized spacial score (nSPS) is 15.2. The first-order valence-corrected chi connectivity index (χ1v) is 8.35. The van der Waals surface area contributed by atoms with E-state index in [4.69, 9.17) is 0 Å². The first-order valence-electron chi connectivity index (χ1n) is 7.47. The van der Waals surface area contributed by atoms with Gasteiger partial charge in [-0.25, -0.2) is 9.97 Å². The number of hydrogen-bond acceptors (Lipinski definition) is 5. The first-order chi connectivity index (χ1) is 11.6. The van der Waals surface area contributed by atoms with Gasteiger partial charge in [0.2, 0.25) is 0 Å². The monoisotopic (exact) mass is 334 g/mol. The van der Waals surface area contributed by atoms with E-state index in [1.54, 1.807) is 19.3 Å². The zero-order valence-electron chi connectivity index (χ0n) is 12.9. The second-order valence-corrected chi connectivity index (χ2v) is 6.59. The number of H-pyrrole nitrogens is 1. The molecule has 1 unspecified atom stereocenters. The van der Waals surface area contributed by atoms with Gasteiger partial charge >= 0.3 is 0 Å². The van der Waals surface area contributed by atoms with E-state index in [2.05, 4.69) is 38.1 Å². The highest BCUT2D eigenvalue weighted by molar-refractivity contribution is 7.09. The van der Waals surface area contributed by atoms with Crippen LogP contribution < -0.4 is 0 Å². The van der Waals surface area contributed by atoms with Gasteiger partial charge in [0.15, 0.2) is 5.60 Å². The predicted octanol–water partition coefficient (Wildman–Crippen LogP) is 2.51. The molecular formula is C18H14N4OS. The molecule has 0 bridgehead atoms. The smallest absolute Gasteiger partial charge is 0.174 e. The third-order valence-corrected chi connectivity index (χ3v) is 4.88. The number of rotatable bonds is 2. The fourth-order valence-electron chi connectivity index (χ4n) is 2.66. The average molecular weight is 334 g/mol. The van der Waals surface area contributed by atoms with Crippen molar-refractivity contribution in [2.75, 3.05) is 0 Å². The van der Waals surface area contributed by atoms with Crippen LogP contribution in [-0.2, 0) is 12.0 Å². The molecule has 0 aliphatic heterocycles. The summed E-state index contributed by atoms with van der Waals surface area (Å²) >= 11 is 1.38. The maximum Gasteiger partial charge on any atom is 0.174 e. The van der Waals surface area contributed by atoms with Crippen LogP contribution in [0.5, 0.6) is 0 Å². The van der Waals surface area contributed by atoms with Crippen LogP contribution in [0.3, 0.4) is 0 Å². The maximum absolute atomic E-state index is 10.5. The largest absolute Gasteiger partial charge is 0.371 e. The fraction of sp³-hybridized carbons (Fsp3) is 0.167. The summed E-state index contributed by atoms with van der Waals surface area (Å²) in [6, 6.07) is 1.96. The highest BCUT2D eigenvalue weighted by Gasteiger charge is 2.23. The molecule has 5 nitrogen and oxygen atoms in total. The summed E-state index contributed by atoms with van der Waals surface area (Å²) in [5, 5.41) is 19.7. The predicted molar refractivity (Wildman–Crippen MR) is 92.2 cm³/mol. The quantitative estimate of drug-likeness (QED) is 0.706. The number of allylic oxidation sites excluding steroid dienone is 1. The summed E-state index contributed by atoms with van der Waals surface area (Å²) in [5.41, 5.74) is 3.82. The molecule has 6 heteroatoms. The lowest BCUT2D eigenvalue weighted by molar-refractivity contribution is 0.122. The van der Waals surface area contributed by atoms with Crippen LogP contribution in [-0.4, -0.2) is 25.3 Å². The Morgan fingerprint density at radius 3 is 3.00 bits per heavy atom. The summed E-state index contributed by atoms with van der Waals surface area (Å²) < 4.78 is 0. The molecule has 3 aromatic rings. The molecule has 0 saturated carbocycles. The molecule has 1 aliphatic carbocycles. The lowest BCUT2D eigenvalue weighted by Crippen LogP contribution is -2.18. The van der Waals surface area contributed by atoms with Crippen LogP contribution in [0.2, 0.25) is 0 Å². The molecule has 118 valence electrons. The molecule has 1 aliphatic rings. The van der Waals surface area contributed by atoms with Gasteiger partial charge in [0, 0.05) is 29.5 Å². The second-order valence-electron chi connectivity index (χ2n) is 5.70. The molecule has 3 heterocycles. The van der Waals surface area contributed by atoms with Crippen molar-refractivity contribution in [3.8, 4) is 11.8 Å². The van der Waals surface area contributed by atoms with Crippen molar-refractivity contribution in [3.05, 3.63) is 69.7 Å². The minimum atomic E-state index is -1.28. The van der Waals surface area contributed by atoms with Crippen molar-refractivity contribution < 1.29 is 5.11 Å². The topological polar surface area (TPSA) is 74.7 Å². The summed E-state index contributed by atoms with van der Waals surface area (Å²) in [6.45, 7) is 1.64. The molecule has 3 aromatic heterocycles. The van der Waals surface area contributed by atoms with Gasteiger partial charge < -0.3 is 5.11 Å². The number of aromatic amines is 1. The number of nitrogens with zero attached hydrogens (tertiary/aromatic N) is 3. The van der Waals surface area contributed by atoms with Crippen LogP contribution in [0, 0.1) is 11.8 Å². The molecule has 0 aromatic carbocycles. The Hall–Kier alpha value is -2.75. The molecule has 0 spiro atoms. The van der Waals surface area contributed by atoms with Crippen LogP contribution in [0.25, 0.3) is 5.57 Å². The lowest BCUT2D eigenvalue weighted by atomic mass is 10.0. The Balaban J connectivity index is 1.67. The van der Waals surface area contributed by atoms with E-state index in [9.17, 15) is 5.11 Å². The van der Waals surface area contributed by atoms with Gasteiger partial charge in [-0.3, -0.25) is 5.10 Å². The van der Waals surface area contributed by atoms with E-state index >= 15 is 0 Å². The van der Waals surface area contributed by atoms with Gasteiger partial charge in [-0.1, -0.05) is 12.0 Å². The number of nitrogens with one attached hydrogen (secondary N) is 1. The van der Waals surface area contributed by atoms with Crippen LogP contribution in [0.15, 0.2) is 42.3 Å². The number of pyridine rings is 1. The third kappa shape index (κ3) is 2.64. The van der Waals surface area contributed by atoms with Crippen molar-refractivity contribution in [2.45, 2.75) is 18.9 Å². The summed E-state index contributed by atoms with van der Waals surface area (Å²) in [5.74, 6) is 5.85. The third-order valence-electron chi connectivity index (χ3n) is 3.89. The zero-order chi connectivity index (χ0) is 16.6. The van der Waals surface area contributed by atoms with E-state index in [1.807, 2.05) is 23.8 Å². The fourth-order valence-corrected chi connectivity index (χ4v) is 3.31. The number of fused-ring (bicyclic) bond motifs is 1. The van der Waals surface area contributed by atoms with Crippen LogP contribution in [0.4, 0.5) is 0 Å². The molecular weight excluding hydrogens is 320 g/mol. The summed E-state index contributed by atoms with van der Waals surface area (Å²) in [6.07, 6.45) is 10.2. The van der Waals surface area contributed by atoms with Gasteiger partial charge in [-0.15, -0.1) is 11.3 Å². The zero-order valence-corrected chi connectivity index (χ0v) is 13.8. The molecule has 0 amide bonds. The van der Waals surface area contributed by atoms with Gasteiger partial charge in [0.05, 0.1) is 6.20 Å². The van der Waals surface area contributed by atoms with E-state index in [1.165, 1.54) is 16.9 Å². The summed E-state index contributed by atoms with van der Waals surface area (Å²) in [4.78, 5) is 8.52.